The average molecular weight is 272 g/mol. The standard InChI is InChI=1S/C15H26ClNO/c1-15(9-5-3-6-10-15)14(18)17-11-7-2-4-8-13(17)12-16/h13H,2-12H2,1H3. The van der Waals surface area contributed by atoms with Crippen molar-refractivity contribution in [2.24, 2.45) is 5.41 Å². The van der Waals surface area contributed by atoms with Crippen LogP contribution in [-0.4, -0.2) is 29.3 Å². The molecule has 1 amide bonds. The molecule has 0 aromatic rings. The first kappa shape index (κ1) is 14.2. The van der Waals surface area contributed by atoms with Gasteiger partial charge in [0, 0.05) is 23.9 Å². The first-order valence-corrected chi connectivity index (χ1v) is 8.08. The van der Waals surface area contributed by atoms with Gasteiger partial charge >= 0.3 is 0 Å². The van der Waals surface area contributed by atoms with E-state index in [9.17, 15) is 4.79 Å². The lowest BCUT2D eigenvalue weighted by molar-refractivity contribution is -0.145. The number of hydrogen-bond acceptors (Lipinski definition) is 1. The number of alkyl halides is 1. The van der Waals surface area contributed by atoms with Gasteiger partial charge in [0.15, 0.2) is 0 Å². The third-order valence-corrected chi connectivity index (χ3v) is 5.15. The number of nitrogens with zero attached hydrogens (tertiary/aromatic N) is 1. The van der Waals surface area contributed by atoms with E-state index in [1.54, 1.807) is 0 Å². The number of likely N-dealkylation sites (tertiary alicyclic amines) is 1. The van der Waals surface area contributed by atoms with Crippen LogP contribution in [0.2, 0.25) is 0 Å². The lowest BCUT2D eigenvalue weighted by Gasteiger charge is -2.39. The number of halogens is 1. The molecule has 18 heavy (non-hydrogen) atoms. The van der Waals surface area contributed by atoms with E-state index in [-0.39, 0.29) is 11.5 Å². The fraction of sp³-hybridized carbons (Fsp3) is 0.933. The van der Waals surface area contributed by atoms with Crippen LogP contribution < -0.4 is 0 Å². The number of carbonyl (C=O) groups excluding carboxylic acids is 1. The Kier molecular flexibility index (Phi) is 4.94. The fourth-order valence-corrected chi connectivity index (χ4v) is 3.82. The summed E-state index contributed by atoms with van der Waals surface area (Å²) in [5.41, 5.74) is -0.104. The van der Waals surface area contributed by atoms with E-state index < -0.39 is 0 Å². The topological polar surface area (TPSA) is 20.3 Å². The van der Waals surface area contributed by atoms with Gasteiger partial charge in [-0.15, -0.1) is 11.6 Å². The van der Waals surface area contributed by atoms with Gasteiger partial charge < -0.3 is 4.90 Å². The van der Waals surface area contributed by atoms with Crippen LogP contribution in [0.4, 0.5) is 0 Å². The Morgan fingerprint density at radius 1 is 1.17 bits per heavy atom. The summed E-state index contributed by atoms with van der Waals surface area (Å²) < 4.78 is 0. The second-order valence-electron chi connectivity index (χ2n) is 6.28. The highest BCUT2D eigenvalue weighted by Crippen LogP contribution is 2.38. The molecule has 2 aliphatic rings. The van der Waals surface area contributed by atoms with Gasteiger partial charge in [-0.05, 0) is 25.7 Å². The molecule has 1 aliphatic carbocycles. The van der Waals surface area contributed by atoms with E-state index in [4.69, 9.17) is 11.6 Å². The van der Waals surface area contributed by atoms with E-state index in [0.717, 1.165) is 32.2 Å². The SMILES string of the molecule is CC1(C(=O)N2CCCCCC2CCl)CCCCC1. The second kappa shape index (κ2) is 6.27. The molecule has 1 saturated heterocycles. The molecule has 0 aromatic carbocycles. The largest absolute Gasteiger partial charge is 0.338 e. The molecule has 0 N–H and O–H groups in total. The maximum Gasteiger partial charge on any atom is 0.228 e. The maximum atomic E-state index is 12.9. The van der Waals surface area contributed by atoms with Crippen molar-refractivity contribution in [3.63, 3.8) is 0 Å². The predicted octanol–water partition coefficient (Wildman–Crippen LogP) is 3.97. The minimum Gasteiger partial charge on any atom is -0.338 e. The second-order valence-corrected chi connectivity index (χ2v) is 6.59. The molecule has 2 fully saturated rings. The third kappa shape index (κ3) is 3.01. The molecule has 2 nitrogen and oxygen atoms in total. The summed E-state index contributed by atoms with van der Waals surface area (Å²) in [6, 6.07) is 0.278. The Balaban J connectivity index is 2.09. The number of amides is 1. The van der Waals surface area contributed by atoms with Gasteiger partial charge in [0.25, 0.3) is 0 Å². The fourth-order valence-electron chi connectivity index (χ4n) is 3.50. The Bertz CT molecular complexity index is 286. The van der Waals surface area contributed by atoms with Gasteiger partial charge in [0.2, 0.25) is 5.91 Å². The minimum atomic E-state index is -0.104. The number of hydrogen-bond donors (Lipinski definition) is 0. The van der Waals surface area contributed by atoms with E-state index in [0.29, 0.717) is 11.8 Å². The molecule has 104 valence electrons. The zero-order chi connectivity index (χ0) is 13.0. The maximum absolute atomic E-state index is 12.9. The van der Waals surface area contributed by atoms with Crippen molar-refractivity contribution in [1.82, 2.24) is 4.90 Å². The van der Waals surface area contributed by atoms with Crippen LogP contribution in [0.15, 0.2) is 0 Å². The molecule has 0 bridgehead atoms. The van der Waals surface area contributed by atoms with E-state index in [1.165, 1.54) is 32.1 Å². The van der Waals surface area contributed by atoms with Crippen molar-refractivity contribution >= 4 is 17.5 Å². The van der Waals surface area contributed by atoms with E-state index in [2.05, 4.69) is 11.8 Å². The van der Waals surface area contributed by atoms with Gasteiger partial charge in [-0.1, -0.05) is 39.0 Å². The first-order chi connectivity index (χ1) is 8.67. The molecule has 2 rings (SSSR count). The van der Waals surface area contributed by atoms with Crippen LogP contribution in [0.5, 0.6) is 0 Å². The lowest BCUT2D eigenvalue weighted by atomic mass is 9.74. The minimum absolute atomic E-state index is 0.104. The zero-order valence-corrected chi connectivity index (χ0v) is 12.3. The molecule has 1 aliphatic heterocycles. The Labute approximate surface area is 116 Å². The monoisotopic (exact) mass is 271 g/mol. The van der Waals surface area contributed by atoms with Gasteiger partial charge in [-0.2, -0.15) is 0 Å². The molecule has 3 heteroatoms. The van der Waals surface area contributed by atoms with Crippen molar-refractivity contribution in [1.29, 1.82) is 0 Å². The lowest BCUT2D eigenvalue weighted by Crippen LogP contribution is -2.49. The molecule has 0 aromatic heterocycles. The first-order valence-electron chi connectivity index (χ1n) is 7.54. The number of carbonyl (C=O) groups is 1. The highest BCUT2D eigenvalue weighted by Gasteiger charge is 2.39. The van der Waals surface area contributed by atoms with Crippen molar-refractivity contribution in [2.45, 2.75) is 70.8 Å². The van der Waals surface area contributed by atoms with Gasteiger partial charge in [0.05, 0.1) is 0 Å². The van der Waals surface area contributed by atoms with Crippen LogP contribution in [0, 0.1) is 5.41 Å². The molecule has 1 heterocycles. The Morgan fingerprint density at radius 3 is 2.50 bits per heavy atom. The predicted molar refractivity (Wildman–Crippen MR) is 75.9 cm³/mol. The third-order valence-electron chi connectivity index (χ3n) is 4.79. The highest BCUT2D eigenvalue weighted by atomic mass is 35.5. The van der Waals surface area contributed by atoms with Crippen molar-refractivity contribution in [3.8, 4) is 0 Å². The summed E-state index contributed by atoms with van der Waals surface area (Å²) in [6.07, 6.45) is 10.5. The smallest absolute Gasteiger partial charge is 0.228 e. The molecule has 1 saturated carbocycles. The quantitative estimate of drug-likeness (QED) is 0.696. The van der Waals surface area contributed by atoms with Crippen molar-refractivity contribution < 1.29 is 4.79 Å². The average Bonchev–Trinajstić information content (AvgIpc) is 2.63. The highest BCUT2D eigenvalue weighted by molar-refractivity contribution is 6.18. The molecule has 1 unspecified atom stereocenters. The Hall–Kier alpha value is -0.240. The Morgan fingerprint density at radius 2 is 1.83 bits per heavy atom. The molecule has 0 radical (unpaired) electrons. The zero-order valence-electron chi connectivity index (χ0n) is 11.6. The van der Waals surface area contributed by atoms with Gasteiger partial charge in [0.1, 0.15) is 0 Å². The summed E-state index contributed by atoms with van der Waals surface area (Å²) in [7, 11) is 0. The summed E-state index contributed by atoms with van der Waals surface area (Å²) >= 11 is 6.08. The molecule has 1 atom stereocenters. The van der Waals surface area contributed by atoms with Crippen molar-refractivity contribution in [2.75, 3.05) is 12.4 Å². The van der Waals surface area contributed by atoms with Crippen LogP contribution in [0.25, 0.3) is 0 Å². The van der Waals surface area contributed by atoms with E-state index in [1.807, 2.05) is 0 Å². The van der Waals surface area contributed by atoms with E-state index >= 15 is 0 Å². The normalized spacial score (nSPS) is 28.8. The van der Waals surface area contributed by atoms with Gasteiger partial charge in [-0.25, -0.2) is 0 Å². The summed E-state index contributed by atoms with van der Waals surface area (Å²) in [6.45, 7) is 3.09. The summed E-state index contributed by atoms with van der Waals surface area (Å²) in [5.74, 6) is 0.983. The van der Waals surface area contributed by atoms with Crippen LogP contribution in [0.3, 0.4) is 0 Å². The van der Waals surface area contributed by atoms with Crippen LogP contribution in [0.1, 0.15) is 64.7 Å². The van der Waals surface area contributed by atoms with Crippen LogP contribution >= 0.6 is 11.6 Å². The summed E-state index contributed by atoms with van der Waals surface area (Å²) in [4.78, 5) is 15.0. The van der Waals surface area contributed by atoms with Crippen LogP contribution in [-0.2, 0) is 4.79 Å². The number of rotatable bonds is 2. The van der Waals surface area contributed by atoms with Crippen molar-refractivity contribution in [3.05, 3.63) is 0 Å². The molecule has 0 spiro atoms. The summed E-state index contributed by atoms with van der Waals surface area (Å²) in [5, 5.41) is 0. The molecular weight excluding hydrogens is 246 g/mol. The van der Waals surface area contributed by atoms with Gasteiger partial charge in [-0.3, -0.25) is 4.79 Å². The molecular formula is C15H26ClNO.